The second-order valence-electron chi connectivity index (χ2n) is 5.41. The third-order valence-electron chi connectivity index (χ3n) is 3.44. The molecule has 106 valence electrons. The minimum atomic E-state index is 0.325. The maximum absolute atomic E-state index is 4.21. The summed E-state index contributed by atoms with van der Waals surface area (Å²) in [5, 5.41) is 3.64. The molecule has 3 nitrogen and oxygen atoms in total. The zero-order valence-electron chi connectivity index (χ0n) is 12.5. The second-order valence-corrected chi connectivity index (χ2v) is 5.41. The Morgan fingerprint density at radius 3 is 2.55 bits per heavy atom. The summed E-state index contributed by atoms with van der Waals surface area (Å²) in [5.74, 6) is 0. The fraction of sp³-hybridized carbons (Fsp3) is 0.353. The van der Waals surface area contributed by atoms with Crippen LogP contribution in [-0.2, 0) is 6.54 Å². The number of aromatic nitrogens is 1. The Balaban J connectivity index is 2.07. The van der Waals surface area contributed by atoms with Gasteiger partial charge in [-0.3, -0.25) is 4.98 Å². The zero-order valence-corrected chi connectivity index (χ0v) is 12.5. The van der Waals surface area contributed by atoms with E-state index < -0.39 is 0 Å². The van der Waals surface area contributed by atoms with E-state index in [9.17, 15) is 0 Å². The Bertz CT molecular complexity index is 523. The number of hydrogen-bond donors (Lipinski definition) is 1. The largest absolute Gasteiger partial charge is 0.308 e. The van der Waals surface area contributed by atoms with Crippen molar-refractivity contribution < 1.29 is 0 Å². The summed E-state index contributed by atoms with van der Waals surface area (Å²) in [6.07, 6.45) is 3.79. The summed E-state index contributed by atoms with van der Waals surface area (Å²) in [7, 11) is 4.21. The summed E-state index contributed by atoms with van der Waals surface area (Å²) in [6.45, 7) is 3.94. The first-order valence-corrected chi connectivity index (χ1v) is 6.99. The fourth-order valence-corrected chi connectivity index (χ4v) is 2.25. The smallest absolute Gasteiger partial charge is 0.0451 e. The van der Waals surface area contributed by atoms with Crippen molar-refractivity contribution in [2.45, 2.75) is 19.5 Å². The molecule has 0 saturated carbocycles. The number of aryl methyl sites for hydroxylation is 1. The summed E-state index contributed by atoms with van der Waals surface area (Å²) in [4.78, 5) is 6.42. The van der Waals surface area contributed by atoms with E-state index >= 15 is 0 Å². The van der Waals surface area contributed by atoms with Crippen molar-refractivity contribution in [2.24, 2.45) is 0 Å². The lowest BCUT2D eigenvalue weighted by Crippen LogP contribution is -2.31. The average Bonchev–Trinajstić information content (AvgIpc) is 2.45. The molecule has 0 bridgehead atoms. The molecule has 0 fully saturated rings. The minimum Gasteiger partial charge on any atom is -0.308 e. The Morgan fingerprint density at radius 2 is 1.90 bits per heavy atom. The molecule has 0 aliphatic rings. The molecule has 1 heterocycles. The molecule has 1 aromatic carbocycles. The number of pyridine rings is 1. The Kier molecular flexibility index (Phi) is 5.27. The van der Waals surface area contributed by atoms with E-state index in [0.29, 0.717) is 6.04 Å². The van der Waals surface area contributed by atoms with Crippen LogP contribution in [0.5, 0.6) is 0 Å². The van der Waals surface area contributed by atoms with E-state index in [-0.39, 0.29) is 0 Å². The highest BCUT2D eigenvalue weighted by Crippen LogP contribution is 2.15. The number of benzene rings is 1. The summed E-state index contributed by atoms with van der Waals surface area (Å²) in [5.41, 5.74) is 3.86. The number of rotatable bonds is 6. The lowest BCUT2D eigenvalue weighted by molar-refractivity contribution is 0.340. The quantitative estimate of drug-likeness (QED) is 0.874. The van der Waals surface area contributed by atoms with E-state index in [1.807, 2.05) is 12.4 Å². The first kappa shape index (κ1) is 14.7. The van der Waals surface area contributed by atoms with Gasteiger partial charge in [0.25, 0.3) is 0 Å². The van der Waals surface area contributed by atoms with Crippen LogP contribution in [0.25, 0.3) is 0 Å². The van der Waals surface area contributed by atoms with Crippen LogP contribution in [0.1, 0.15) is 22.7 Å². The first-order valence-electron chi connectivity index (χ1n) is 6.99. The van der Waals surface area contributed by atoms with Crippen LogP contribution in [0.2, 0.25) is 0 Å². The van der Waals surface area contributed by atoms with Crippen LogP contribution in [0.4, 0.5) is 0 Å². The second kappa shape index (κ2) is 7.17. The van der Waals surface area contributed by atoms with Gasteiger partial charge in [-0.25, -0.2) is 0 Å². The van der Waals surface area contributed by atoms with Crippen LogP contribution in [-0.4, -0.2) is 30.5 Å². The third-order valence-corrected chi connectivity index (χ3v) is 3.44. The van der Waals surface area contributed by atoms with E-state index in [1.54, 1.807) is 0 Å². The van der Waals surface area contributed by atoms with E-state index in [2.05, 4.69) is 72.6 Å². The van der Waals surface area contributed by atoms with Gasteiger partial charge < -0.3 is 10.2 Å². The van der Waals surface area contributed by atoms with E-state index in [1.165, 1.54) is 16.7 Å². The van der Waals surface area contributed by atoms with Gasteiger partial charge in [-0.1, -0.05) is 30.3 Å². The van der Waals surface area contributed by atoms with Crippen LogP contribution in [0, 0.1) is 6.92 Å². The molecule has 1 atom stereocenters. The summed E-state index contributed by atoms with van der Waals surface area (Å²) >= 11 is 0. The van der Waals surface area contributed by atoms with Gasteiger partial charge in [0.05, 0.1) is 0 Å². The molecule has 3 heteroatoms. The molecule has 0 aliphatic carbocycles. The molecule has 0 amide bonds. The molecule has 0 saturated heterocycles. The number of hydrogen-bond acceptors (Lipinski definition) is 3. The Labute approximate surface area is 121 Å². The first-order chi connectivity index (χ1) is 9.66. The lowest BCUT2D eigenvalue weighted by atomic mass is 10.1. The Hall–Kier alpha value is -1.71. The van der Waals surface area contributed by atoms with Crippen molar-refractivity contribution in [3.63, 3.8) is 0 Å². The van der Waals surface area contributed by atoms with Gasteiger partial charge >= 0.3 is 0 Å². The van der Waals surface area contributed by atoms with Gasteiger partial charge in [-0.2, -0.15) is 0 Å². The molecule has 1 N–H and O–H groups in total. The highest BCUT2D eigenvalue weighted by molar-refractivity contribution is 5.23. The molecule has 2 rings (SSSR count). The number of nitrogens with zero attached hydrogens (tertiary/aromatic N) is 2. The van der Waals surface area contributed by atoms with Crippen LogP contribution >= 0.6 is 0 Å². The van der Waals surface area contributed by atoms with Crippen molar-refractivity contribution >= 4 is 0 Å². The molecular formula is C17H23N3. The third kappa shape index (κ3) is 4.15. The van der Waals surface area contributed by atoms with Gasteiger partial charge in [0.1, 0.15) is 0 Å². The maximum atomic E-state index is 4.21. The topological polar surface area (TPSA) is 28.2 Å². The van der Waals surface area contributed by atoms with Crippen molar-refractivity contribution in [3.8, 4) is 0 Å². The highest BCUT2D eigenvalue weighted by Gasteiger charge is 2.12. The van der Waals surface area contributed by atoms with Gasteiger partial charge in [0.2, 0.25) is 0 Å². The molecule has 1 unspecified atom stereocenters. The van der Waals surface area contributed by atoms with Gasteiger partial charge in [0, 0.05) is 31.5 Å². The average molecular weight is 269 g/mol. The van der Waals surface area contributed by atoms with Crippen molar-refractivity contribution in [1.82, 2.24) is 15.2 Å². The van der Waals surface area contributed by atoms with Crippen molar-refractivity contribution in [3.05, 3.63) is 65.5 Å². The fourth-order valence-electron chi connectivity index (χ4n) is 2.25. The molecule has 0 aliphatic heterocycles. The zero-order chi connectivity index (χ0) is 14.4. The van der Waals surface area contributed by atoms with Crippen molar-refractivity contribution in [2.75, 3.05) is 20.6 Å². The van der Waals surface area contributed by atoms with Gasteiger partial charge in [0.15, 0.2) is 0 Å². The molecule has 0 radical (unpaired) electrons. The molecule has 2 aromatic rings. The maximum Gasteiger partial charge on any atom is 0.0451 e. The lowest BCUT2D eigenvalue weighted by Gasteiger charge is -2.23. The summed E-state index contributed by atoms with van der Waals surface area (Å²) in [6, 6.07) is 13.0. The molecule has 20 heavy (non-hydrogen) atoms. The number of nitrogens with one attached hydrogen (secondary N) is 1. The molecular weight excluding hydrogens is 246 g/mol. The predicted molar refractivity (Wildman–Crippen MR) is 83.6 cm³/mol. The van der Waals surface area contributed by atoms with Crippen LogP contribution in [0.15, 0.2) is 48.8 Å². The van der Waals surface area contributed by atoms with Crippen LogP contribution < -0.4 is 5.32 Å². The standard InChI is InChI=1S/C17H23N3/c1-14-9-10-18-11-16(14)12-19-17(13-20(2)3)15-7-5-4-6-8-15/h4-11,17,19H,12-13H2,1-3H3. The van der Waals surface area contributed by atoms with Crippen LogP contribution in [0.3, 0.4) is 0 Å². The van der Waals surface area contributed by atoms with Gasteiger partial charge in [-0.05, 0) is 43.8 Å². The predicted octanol–water partition coefficient (Wildman–Crippen LogP) is 2.78. The Morgan fingerprint density at radius 1 is 1.15 bits per heavy atom. The summed E-state index contributed by atoms with van der Waals surface area (Å²) < 4.78 is 0. The molecule has 0 spiro atoms. The SMILES string of the molecule is Cc1ccncc1CNC(CN(C)C)c1ccccc1. The molecule has 1 aromatic heterocycles. The van der Waals surface area contributed by atoms with Crippen molar-refractivity contribution in [1.29, 1.82) is 0 Å². The monoisotopic (exact) mass is 269 g/mol. The minimum absolute atomic E-state index is 0.325. The normalized spacial score (nSPS) is 12.6. The number of likely N-dealkylation sites (N-methyl/N-ethyl adjacent to an activating group) is 1. The van der Waals surface area contributed by atoms with Gasteiger partial charge in [-0.15, -0.1) is 0 Å². The highest BCUT2D eigenvalue weighted by atomic mass is 15.1. The van der Waals surface area contributed by atoms with E-state index in [0.717, 1.165) is 13.1 Å². The van der Waals surface area contributed by atoms with E-state index in [4.69, 9.17) is 0 Å².